The highest BCUT2D eigenvalue weighted by molar-refractivity contribution is 9.10. The molecule has 0 aromatic heterocycles. The van der Waals surface area contributed by atoms with Gasteiger partial charge in [-0.25, -0.2) is 4.39 Å². The second kappa shape index (κ2) is 8.40. The molecule has 1 aliphatic rings. The number of nitrogens with zero attached hydrogens (tertiary/aromatic N) is 1. The van der Waals surface area contributed by atoms with E-state index in [-0.39, 0.29) is 17.4 Å². The number of hydrogen-bond donors (Lipinski definition) is 2. The van der Waals surface area contributed by atoms with Crippen LogP contribution in [0.1, 0.15) is 29.6 Å². The third kappa shape index (κ3) is 4.51. The number of nitrogens with one attached hydrogen (secondary N) is 2. The number of carbonyl (C=O) groups is 2. The van der Waals surface area contributed by atoms with E-state index in [0.717, 1.165) is 12.8 Å². The topological polar surface area (TPSA) is 61.4 Å². The summed E-state index contributed by atoms with van der Waals surface area (Å²) < 4.78 is 14.0. The Balaban J connectivity index is 2.11. The molecule has 5 nitrogen and oxygen atoms in total. The Labute approximate surface area is 143 Å². The number of hydrogen-bond acceptors (Lipinski definition) is 3. The van der Waals surface area contributed by atoms with Crippen molar-refractivity contribution in [1.29, 1.82) is 0 Å². The Bertz CT molecular complexity index is 582. The molecule has 1 aliphatic heterocycles. The van der Waals surface area contributed by atoms with E-state index in [1.54, 1.807) is 11.0 Å². The first-order valence-corrected chi connectivity index (χ1v) is 8.52. The molecule has 0 radical (unpaired) electrons. The molecule has 0 bridgehead atoms. The average molecular weight is 386 g/mol. The molecule has 1 atom stereocenters. The monoisotopic (exact) mass is 385 g/mol. The van der Waals surface area contributed by atoms with Gasteiger partial charge in [0.1, 0.15) is 11.9 Å². The number of halogens is 2. The van der Waals surface area contributed by atoms with Crippen molar-refractivity contribution in [2.75, 3.05) is 26.7 Å². The molecule has 0 saturated carbocycles. The van der Waals surface area contributed by atoms with E-state index in [1.165, 1.54) is 12.1 Å². The Hall–Kier alpha value is -1.47. The lowest BCUT2D eigenvalue weighted by molar-refractivity contribution is -0.126. The van der Waals surface area contributed by atoms with E-state index < -0.39 is 11.9 Å². The third-order valence-corrected chi connectivity index (χ3v) is 4.55. The SMILES string of the molecule is CNCCNC(=O)C1CCCCN1C(=O)c1ccc(Br)c(F)c1. The van der Waals surface area contributed by atoms with Gasteiger partial charge in [0, 0.05) is 25.2 Å². The van der Waals surface area contributed by atoms with Crippen LogP contribution >= 0.6 is 15.9 Å². The van der Waals surface area contributed by atoms with Crippen molar-refractivity contribution < 1.29 is 14.0 Å². The molecule has 126 valence electrons. The zero-order valence-electron chi connectivity index (χ0n) is 13.1. The average Bonchev–Trinajstić information content (AvgIpc) is 2.57. The van der Waals surface area contributed by atoms with Gasteiger partial charge in [-0.15, -0.1) is 0 Å². The summed E-state index contributed by atoms with van der Waals surface area (Å²) in [4.78, 5) is 26.5. The van der Waals surface area contributed by atoms with Crippen molar-refractivity contribution in [2.45, 2.75) is 25.3 Å². The molecule has 2 amide bonds. The Morgan fingerprint density at radius 3 is 2.83 bits per heavy atom. The summed E-state index contributed by atoms with van der Waals surface area (Å²) in [7, 11) is 1.81. The molecular formula is C16H21BrFN3O2. The molecule has 0 aliphatic carbocycles. The van der Waals surface area contributed by atoms with Crippen LogP contribution in [0.4, 0.5) is 4.39 Å². The zero-order valence-corrected chi connectivity index (χ0v) is 14.7. The van der Waals surface area contributed by atoms with E-state index in [2.05, 4.69) is 26.6 Å². The summed E-state index contributed by atoms with van der Waals surface area (Å²) in [6, 6.07) is 3.80. The van der Waals surface area contributed by atoms with E-state index in [9.17, 15) is 14.0 Å². The summed E-state index contributed by atoms with van der Waals surface area (Å²) in [6.07, 6.45) is 2.39. The lowest BCUT2D eigenvalue weighted by Gasteiger charge is -2.34. The van der Waals surface area contributed by atoms with Gasteiger partial charge in [0.2, 0.25) is 5.91 Å². The zero-order chi connectivity index (χ0) is 16.8. The van der Waals surface area contributed by atoms with Crippen LogP contribution in [0.15, 0.2) is 22.7 Å². The van der Waals surface area contributed by atoms with Gasteiger partial charge in [-0.05, 0) is 60.4 Å². The maximum atomic E-state index is 13.7. The highest BCUT2D eigenvalue weighted by Gasteiger charge is 2.32. The molecule has 1 fully saturated rings. The van der Waals surface area contributed by atoms with E-state index in [1.807, 2.05) is 7.05 Å². The van der Waals surface area contributed by atoms with Gasteiger partial charge in [0.15, 0.2) is 0 Å². The molecule has 7 heteroatoms. The van der Waals surface area contributed by atoms with Crippen LogP contribution in [0, 0.1) is 5.82 Å². The summed E-state index contributed by atoms with van der Waals surface area (Å²) in [5, 5.41) is 5.79. The fraction of sp³-hybridized carbons (Fsp3) is 0.500. The molecule has 2 rings (SSSR count). The summed E-state index contributed by atoms with van der Waals surface area (Å²) >= 11 is 3.07. The first-order valence-electron chi connectivity index (χ1n) is 7.73. The predicted octanol–water partition coefficient (Wildman–Crippen LogP) is 1.92. The van der Waals surface area contributed by atoms with Gasteiger partial charge >= 0.3 is 0 Å². The van der Waals surface area contributed by atoms with Crippen LogP contribution in [0.3, 0.4) is 0 Å². The van der Waals surface area contributed by atoms with Gasteiger partial charge in [-0.2, -0.15) is 0 Å². The Morgan fingerprint density at radius 2 is 2.13 bits per heavy atom. The molecule has 0 spiro atoms. The number of likely N-dealkylation sites (N-methyl/N-ethyl adjacent to an activating group) is 1. The second-order valence-corrected chi connectivity index (χ2v) is 6.39. The predicted molar refractivity (Wildman–Crippen MR) is 89.7 cm³/mol. The first-order chi connectivity index (χ1) is 11.0. The first kappa shape index (κ1) is 17.9. The van der Waals surface area contributed by atoms with E-state index >= 15 is 0 Å². The van der Waals surface area contributed by atoms with Crippen molar-refractivity contribution >= 4 is 27.7 Å². The maximum Gasteiger partial charge on any atom is 0.254 e. The van der Waals surface area contributed by atoms with E-state index in [4.69, 9.17) is 0 Å². The Kier molecular flexibility index (Phi) is 6.53. The van der Waals surface area contributed by atoms with Gasteiger partial charge in [-0.3, -0.25) is 9.59 Å². The molecule has 1 unspecified atom stereocenters. The van der Waals surface area contributed by atoms with Crippen LogP contribution < -0.4 is 10.6 Å². The third-order valence-electron chi connectivity index (χ3n) is 3.91. The van der Waals surface area contributed by atoms with Crippen LogP contribution in [-0.2, 0) is 4.79 Å². The lowest BCUT2D eigenvalue weighted by atomic mass is 10.00. The van der Waals surface area contributed by atoms with Gasteiger partial charge in [0.25, 0.3) is 5.91 Å². The molecule has 2 N–H and O–H groups in total. The van der Waals surface area contributed by atoms with Crippen LogP contribution in [0.25, 0.3) is 0 Å². The van der Waals surface area contributed by atoms with Crippen molar-refractivity contribution in [2.24, 2.45) is 0 Å². The van der Waals surface area contributed by atoms with Crippen molar-refractivity contribution in [3.05, 3.63) is 34.1 Å². The van der Waals surface area contributed by atoms with Crippen molar-refractivity contribution in [1.82, 2.24) is 15.5 Å². The van der Waals surface area contributed by atoms with E-state index in [0.29, 0.717) is 30.5 Å². The maximum absolute atomic E-state index is 13.7. The number of likely N-dealkylation sites (tertiary alicyclic amines) is 1. The number of rotatable bonds is 5. The summed E-state index contributed by atoms with van der Waals surface area (Å²) in [6.45, 7) is 1.70. The fourth-order valence-corrected chi connectivity index (χ4v) is 2.92. The molecule has 23 heavy (non-hydrogen) atoms. The standard InChI is InChI=1S/C16H21BrFN3O2/c1-19-7-8-20-15(22)14-4-2-3-9-21(14)16(23)11-5-6-12(17)13(18)10-11/h5-6,10,14,19H,2-4,7-9H2,1H3,(H,20,22). The fourth-order valence-electron chi connectivity index (χ4n) is 2.67. The second-order valence-electron chi connectivity index (χ2n) is 5.53. The lowest BCUT2D eigenvalue weighted by Crippen LogP contribution is -2.52. The minimum absolute atomic E-state index is 0.147. The molecule has 1 aromatic rings. The molecule has 1 saturated heterocycles. The normalized spacial score (nSPS) is 17.9. The minimum Gasteiger partial charge on any atom is -0.353 e. The van der Waals surface area contributed by atoms with Crippen LogP contribution in [-0.4, -0.2) is 49.4 Å². The van der Waals surface area contributed by atoms with Gasteiger partial charge in [-0.1, -0.05) is 0 Å². The number of carbonyl (C=O) groups excluding carboxylic acids is 2. The quantitative estimate of drug-likeness (QED) is 0.761. The molecule has 1 heterocycles. The highest BCUT2D eigenvalue weighted by atomic mass is 79.9. The highest BCUT2D eigenvalue weighted by Crippen LogP contribution is 2.22. The van der Waals surface area contributed by atoms with Gasteiger partial charge in [0.05, 0.1) is 4.47 Å². The van der Waals surface area contributed by atoms with Crippen LogP contribution in [0.2, 0.25) is 0 Å². The number of amides is 2. The number of benzene rings is 1. The molecular weight excluding hydrogens is 365 g/mol. The van der Waals surface area contributed by atoms with Crippen LogP contribution in [0.5, 0.6) is 0 Å². The Morgan fingerprint density at radius 1 is 1.35 bits per heavy atom. The molecule has 1 aromatic carbocycles. The number of piperidine rings is 1. The van der Waals surface area contributed by atoms with Gasteiger partial charge < -0.3 is 15.5 Å². The van der Waals surface area contributed by atoms with Crippen molar-refractivity contribution in [3.63, 3.8) is 0 Å². The summed E-state index contributed by atoms with van der Waals surface area (Å²) in [5.41, 5.74) is 0.264. The minimum atomic E-state index is -0.486. The smallest absolute Gasteiger partial charge is 0.254 e. The largest absolute Gasteiger partial charge is 0.353 e. The summed E-state index contributed by atoms with van der Waals surface area (Å²) in [5.74, 6) is -0.932. The van der Waals surface area contributed by atoms with Crippen molar-refractivity contribution in [3.8, 4) is 0 Å².